The quantitative estimate of drug-likeness (QED) is 0.395. The molecule has 0 aliphatic rings. The van der Waals surface area contributed by atoms with Crippen LogP contribution in [0.2, 0.25) is 0 Å². The van der Waals surface area contributed by atoms with Gasteiger partial charge in [0.2, 0.25) is 0 Å². The Morgan fingerprint density at radius 2 is 1.69 bits per heavy atom. The molecular formula is C21H23N7O2S2. The standard InChI is InChI=1S/C21H23N7O2S2/c1-4-28(5-2)20-13-19(22-14(3)23-20)24-15-9-11-16(12-10-15)27-32(29,30)18-8-6-7-17-21(18)26-31-25-17/h6-13,27H,4-5H2,1-3H3,(H,22,23,24). The first-order valence-corrected chi connectivity index (χ1v) is 12.3. The number of hydrogen-bond donors (Lipinski definition) is 2. The zero-order valence-electron chi connectivity index (χ0n) is 17.9. The fourth-order valence-electron chi connectivity index (χ4n) is 3.30. The summed E-state index contributed by atoms with van der Waals surface area (Å²) in [6.45, 7) is 7.73. The van der Waals surface area contributed by atoms with Gasteiger partial charge in [-0.25, -0.2) is 18.4 Å². The lowest BCUT2D eigenvalue weighted by atomic mass is 10.3. The molecule has 11 heteroatoms. The molecule has 2 aromatic heterocycles. The molecule has 4 rings (SSSR count). The van der Waals surface area contributed by atoms with Gasteiger partial charge in [0.1, 0.15) is 33.4 Å². The van der Waals surface area contributed by atoms with Crippen LogP contribution in [0.3, 0.4) is 0 Å². The third-order valence-electron chi connectivity index (χ3n) is 4.86. The van der Waals surface area contributed by atoms with Crippen LogP contribution in [-0.4, -0.2) is 40.2 Å². The Morgan fingerprint density at radius 3 is 2.41 bits per heavy atom. The summed E-state index contributed by atoms with van der Waals surface area (Å²) in [5, 5.41) is 3.26. The molecule has 0 saturated carbocycles. The smallest absolute Gasteiger partial charge is 0.264 e. The van der Waals surface area contributed by atoms with Gasteiger partial charge in [0, 0.05) is 30.5 Å². The molecule has 0 amide bonds. The van der Waals surface area contributed by atoms with Crippen molar-refractivity contribution in [2.45, 2.75) is 25.7 Å². The molecule has 0 aliphatic heterocycles. The topological polar surface area (TPSA) is 113 Å². The molecule has 2 heterocycles. The van der Waals surface area contributed by atoms with Crippen molar-refractivity contribution in [2.24, 2.45) is 0 Å². The third-order valence-corrected chi connectivity index (χ3v) is 6.82. The molecule has 166 valence electrons. The van der Waals surface area contributed by atoms with E-state index in [4.69, 9.17) is 0 Å². The number of anilines is 4. The van der Waals surface area contributed by atoms with Crippen LogP contribution in [0.25, 0.3) is 11.0 Å². The van der Waals surface area contributed by atoms with E-state index in [1.807, 2.05) is 13.0 Å². The van der Waals surface area contributed by atoms with E-state index in [2.05, 4.69) is 47.5 Å². The zero-order valence-corrected chi connectivity index (χ0v) is 19.5. The van der Waals surface area contributed by atoms with Gasteiger partial charge in [-0.3, -0.25) is 4.72 Å². The van der Waals surface area contributed by atoms with Gasteiger partial charge < -0.3 is 10.2 Å². The Kier molecular flexibility index (Phi) is 6.19. The van der Waals surface area contributed by atoms with E-state index in [9.17, 15) is 8.42 Å². The van der Waals surface area contributed by atoms with Crippen LogP contribution in [-0.2, 0) is 10.0 Å². The summed E-state index contributed by atoms with van der Waals surface area (Å²) < 4.78 is 36.6. The Morgan fingerprint density at radius 1 is 0.969 bits per heavy atom. The second-order valence-electron chi connectivity index (χ2n) is 7.03. The molecule has 0 atom stereocenters. The number of aromatic nitrogens is 4. The molecule has 0 spiro atoms. The van der Waals surface area contributed by atoms with Gasteiger partial charge >= 0.3 is 0 Å². The highest BCUT2D eigenvalue weighted by molar-refractivity contribution is 7.93. The largest absolute Gasteiger partial charge is 0.357 e. The van der Waals surface area contributed by atoms with Crippen molar-refractivity contribution in [3.63, 3.8) is 0 Å². The molecule has 4 aromatic rings. The van der Waals surface area contributed by atoms with Crippen LogP contribution >= 0.6 is 11.7 Å². The lowest BCUT2D eigenvalue weighted by Gasteiger charge is -2.20. The summed E-state index contributed by atoms with van der Waals surface area (Å²) in [5.41, 5.74) is 2.15. The van der Waals surface area contributed by atoms with Gasteiger partial charge in [-0.05, 0) is 57.2 Å². The molecular weight excluding hydrogens is 446 g/mol. The van der Waals surface area contributed by atoms with Crippen molar-refractivity contribution < 1.29 is 8.42 Å². The summed E-state index contributed by atoms with van der Waals surface area (Å²) in [5.74, 6) is 2.21. The minimum absolute atomic E-state index is 0.103. The van der Waals surface area contributed by atoms with Gasteiger partial charge in [-0.1, -0.05) is 6.07 Å². The number of rotatable bonds is 8. The van der Waals surface area contributed by atoms with Crippen molar-refractivity contribution in [1.29, 1.82) is 0 Å². The van der Waals surface area contributed by atoms with Gasteiger partial charge in [-0.15, -0.1) is 0 Å². The summed E-state index contributed by atoms with van der Waals surface area (Å²) >= 11 is 0.985. The molecule has 0 radical (unpaired) electrons. The summed E-state index contributed by atoms with van der Waals surface area (Å²) in [6, 6.07) is 13.8. The highest BCUT2D eigenvalue weighted by Crippen LogP contribution is 2.25. The van der Waals surface area contributed by atoms with Crippen LogP contribution in [0.4, 0.5) is 23.0 Å². The fraction of sp³-hybridized carbons (Fsp3) is 0.238. The maximum absolute atomic E-state index is 12.9. The van der Waals surface area contributed by atoms with Crippen molar-refractivity contribution in [3.8, 4) is 0 Å². The Labute approximate surface area is 190 Å². The summed E-state index contributed by atoms with van der Waals surface area (Å²) in [6.07, 6.45) is 0. The molecule has 9 nitrogen and oxygen atoms in total. The lowest BCUT2D eigenvalue weighted by molar-refractivity contribution is 0.602. The molecule has 0 unspecified atom stereocenters. The molecule has 0 bridgehead atoms. The second kappa shape index (κ2) is 9.05. The van der Waals surface area contributed by atoms with E-state index in [1.165, 1.54) is 6.07 Å². The minimum atomic E-state index is -3.80. The first kappa shape index (κ1) is 21.9. The molecule has 0 fully saturated rings. The van der Waals surface area contributed by atoms with Crippen LogP contribution in [0.1, 0.15) is 19.7 Å². The normalized spacial score (nSPS) is 11.5. The van der Waals surface area contributed by atoms with Crippen LogP contribution in [0, 0.1) is 6.92 Å². The number of hydrogen-bond acceptors (Lipinski definition) is 9. The maximum atomic E-state index is 12.9. The number of nitrogens with zero attached hydrogens (tertiary/aromatic N) is 5. The predicted molar refractivity (Wildman–Crippen MR) is 128 cm³/mol. The average molecular weight is 470 g/mol. The van der Waals surface area contributed by atoms with E-state index in [0.29, 0.717) is 28.4 Å². The monoisotopic (exact) mass is 469 g/mol. The third kappa shape index (κ3) is 4.63. The summed E-state index contributed by atoms with van der Waals surface area (Å²) in [7, 11) is -3.80. The van der Waals surface area contributed by atoms with E-state index < -0.39 is 10.0 Å². The second-order valence-corrected chi connectivity index (χ2v) is 9.21. The van der Waals surface area contributed by atoms with Crippen molar-refractivity contribution in [3.05, 3.63) is 54.4 Å². The minimum Gasteiger partial charge on any atom is -0.357 e. The van der Waals surface area contributed by atoms with Crippen LogP contribution in [0.15, 0.2) is 53.4 Å². The van der Waals surface area contributed by atoms with E-state index in [0.717, 1.165) is 36.3 Å². The fourth-order valence-corrected chi connectivity index (χ4v) is 5.13. The molecule has 2 N–H and O–H groups in total. The van der Waals surface area contributed by atoms with Crippen molar-refractivity contribution in [1.82, 2.24) is 18.7 Å². The molecule has 32 heavy (non-hydrogen) atoms. The van der Waals surface area contributed by atoms with E-state index in [-0.39, 0.29) is 4.90 Å². The van der Waals surface area contributed by atoms with E-state index in [1.54, 1.807) is 36.4 Å². The average Bonchev–Trinajstić information content (AvgIpc) is 3.24. The zero-order chi connectivity index (χ0) is 22.7. The van der Waals surface area contributed by atoms with Gasteiger partial charge in [0.05, 0.1) is 11.7 Å². The van der Waals surface area contributed by atoms with Crippen molar-refractivity contribution >= 4 is 55.8 Å². The first-order valence-electron chi connectivity index (χ1n) is 10.1. The highest BCUT2D eigenvalue weighted by atomic mass is 32.2. The number of benzene rings is 2. The first-order chi connectivity index (χ1) is 15.4. The maximum Gasteiger partial charge on any atom is 0.264 e. The predicted octanol–water partition coefficient (Wildman–Crippen LogP) is 4.18. The van der Waals surface area contributed by atoms with Crippen LogP contribution in [0.5, 0.6) is 0 Å². The summed E-state index contributed by atoms with van der Waals surface area (Å²) in [4.78, 5) is 11.2. The Balaban J connectivity index is 1.52. The molecule has 2 aromatic carbocycles. The number of aryl methyl sites for hydroxylation is 1. The number of sulfonamides is 1. The number of nitrogens with one attached hydrogen (secondary N) is 2. The highest BCUT2D eigenvalue weighted by Gasteiger charge is 2.19. The van der Waals surface area contributed by atoms with Gasteiger partial charge in [0.15, 0.2) is 0 Å². The van der Waals surface area contributed by atoms with E-state index >= 15 is 0 Å². The lowest BCUT2D eigenvalue weighted by Crippen LogP contribution is -2.23. The van der Waals surface area contributed by atoms with Crippen LogP contribution < -0.4 is 14.9 Å². The van der Waals surface area contributed by atoms with Gasteiger partial charge in [0.25, 0.3) is 10.0 Å². The number of fused-ring (bicyclic) bond motifs is 1. The van der Waals surface area contributed by atoms with Crippen molar-refractivity contribution in [2.75, 3.05) is 28.0 Å². The Hall–Kier alpha value is -3.31. The molecule has 0 saturated heterocycles. The SMILES string of the molecule is CCN(CC)c1cc(Nc2ccc(NS(=O)(=O)c3cccc4nsnc34)cc2)nc(C)n1. The van der Waals surface area contributed by atoms with Gasteiger partial charge in [-0.2, -0.15) is 8.75 Å². The Bertz CT molecular complexity index is 1330. The molecule has 0 aliphatic carbocycles.